The number of hydrogen-bond acceptors (Lipinski definition) is 5. The highest BCUT2D eigenvalue weighted by Crippen LogP contribution is 2.33. The number of likely N-dealkylation sites (tertiary alicyclic amines) is 1. The summed E-state index contributed by atoms with van der Waals surface area (Å²) >= 11 is 7.73. The molecular weight excluding hydrogens is 372 g/mol. The maximum absolute atomic E-state index is 12.1. The Morgan fingerprint density at radius 1 is 1.50 bits per heavy atom. The number of halogens is 1. The summed E-state index contributed by atoms with van der Waals surface area (Å²) in [5.41, 5.74) is 0.935. The van der Waals surface area contributed by atoms with E-state index >= 15 is 0 Å². The van der Waals surface area contributed by atoms with Gasteiger partial charge in [-0.1, -0.05) is 17.7 Å². The molecule has 2 aromatic rings. The van der Waals surface area contributed by atoms with Crippen LogP contribution < -0.4 is 10.1 Å². The summed E-state index contributed by atoms with van der Waals surface area (Å²) in [5, 5.41) is 15.3. The lowest BCUT2D eigenvalue weighted by molar-refractivity contribution is 0.0934. The van der Waals surface area contributed by atoms with Crippen LogP contribution in [0.5, 0.6) is 11.5 Å². The summed E-state index contributed by atoms with van der Waals surface area (Å²) in [5.74, 6) is 0.907. The Bertz CT molecular complexity index is 751. The van der Waals surface area contributed by atoms with Gasteiger partial charge in [-0.05, 0) is 48.4 Å². The summed E-state index contributed by atoms with van der Waals surface area (Å²) in [6.07, 6.45) is 2.19. The van der Waals surface area contributed by atoms with Crippen LogP contribution in [-0.2, 0) is 6.54 Å². The minimum atomic E-state index is 0.00318. The highest BCUT2D eigenvalue weighted by Gasteiger charge is 2.22. The van der Waals surface area contributed by atoms with Gasteiger partial charge in [0, 0.05) is 30.7 Å². The highest BCUT2D eigenvalue weighted by molar-refractivity contribution is 7.12. The molecule has 1 aromatic carbocycles. The van der Waals surface area contributed by atoms with Gasteiger partial charge in [-0.3, -0.25) is 9.69 Å². The van der Waals surface area contributed by atoms with Crippen LogP contribution >= 0.6 is 22.9 Å². The normalized spacial score (nSPS) is 17.8. The zero-order chi connectivity index (χ0) is 18.5. The van der Waals surface area contributed by atoms with Crippen molar-refractivity contribution in [1.82, 2.24) is 10.2 Å². The van der Waals surface area contributed by atoms with Crippen molar-refractivity contribution in [1.29, 1.82) is 0 Å². The molecule has 2 heterocycles. The molecule has 1 saturated heterocycles. The fraction of sp³-hybridized carbons (Fsp3) is 0.421. The molecule has 2 N–H and O–H groups in total. The summed E-state index contributed by atoms with van der Waals surface area (Å²) in [4.78, 5) is 15.2. The number of phenols is 1. The molecule has 0 spiro atoms. The Hall–Kier alpha value is -1.76. The predicted molar refractivity (Wildman–Crippen MR) is 104 cm³/mol. The SMILES string of the molecule is COc1cc(CN2CCC[C@@H](CNC(=O)c3cccs3)C2)c(Cl)cc1O. The van der Waals surface area contributed by atoms with E-state index in [9.17, 15) is 9.90 Å². The Morgan fingerprint density at radius 3 is 3.08 bits per heavy atom. The quantitative estimate of drug-likeness (QED) is 0.783. The fourth-order valence-corrected chi connectivity index (χ4v) is 4.16. The van der Waals surface area contributed by atoms with Gasteiger partial charge < -0.3 is 15.2 Å². The standard InChI is InChI=1S/C19H23ClN2O3S/c1-25-17-8-14(15(20)9-16(17)23)12-22-6-2-4-13(11-22)10-21-19(24)18-5-3-7-26-18/h3,5,7-9,13,23H,2,4,6,10-12H2,1H3,(H,21,24)/t13-/m0/s1. The number of ether oxygens (including phenoxy) is 1. The predicted octanol–water partition coefficient (Wildman–Crippen LogP) is 3.76. The van der Waals surface area contributed by atoms with E-state index in [1.807, 2.05) is 17.5 Å². The van der Waals surface area contributed by atoms with Gasteiger partial charge in [-0.2, -0.15) is 0 Å². The number of benzene rings is 1. The van der Waals surface area contributed by atoms with E-state index < -0.39 is 0 Å². The van der Waals surface area contributed by atoms with E-state index in [1.54, 1.807) is 6.07 Å². The molecule has 1 fully saturated rings. The zero-order valence-corrected chi connectivity index (χ0v) is 16.3. The van der Waals surface area contributed by atoms with E-state index in [4.69, 9.17) is 16.3 Å². The van der Waals surface area contributed by atoms with Gasteiger partial charge in [-0.25, -0.2) is 0 Å². The number of methoxy groups -OCH3 is 1. The molecule has 1 amide bonds. The number of thiophene rings is 1. The van der Waals surface area contributed by atoms with Gasteiger partial charge in [0.2, 0.25) is 0 Å². The first-order valence-corrected chi connectivity index (χ1v) is 9.92. The minimum absolute atomic E-state index is 0.00318. The Kier molecular flexibility index (Phi) is 6.40. The average molecular weight is 395 g/mol. The smallest absolute Gasteiger partial charge is 0.261 e. The number of aromatic hydroxyl groups is 1. The third kappa shape index (κ3) is 4.69. The lowest BCUT2D eigenvalue weighted by atomic mass is 9.97. The molecule has 1 atom stereocenters. The third-order valence-corrected chi connectivity index (χ3v) is 5.86. The highest BCUT2D eigenvalue weighted by atomic mass is 35.5. The number of rotatable bonds is 6. The number of amides is 1. The van der Waals surface area contributed by atoms with Gasteiger partial charge in [0.25, 0.3) is 5.91 Å². The summed E-state index contributed by atoms with van der Waals surface area (Å²) in [7, 11) is 1.53. The third-order valence-electron chi connectivity index (χ3n) is 4.64. The lowest BCUT2D eigenvalue weighted by Gasteiger charge is -2.33. The summed E-state index contributed by atoms with van der Waals surface area (Å²) < 4.78 is 5.18. The number of carbonyl (C=O) groups is 1. The molecular formula is C19H23ClN2O3S. The minimum Gasteiger partial charge on any atom is -0.504 e. The van der Waals surface area contributed by atoms with Crippen molar-refractivity contribution in [2.75, 3.05) is 26.7 Å². The second-order valence-electron chi connectivity index (χ2n) is 6.55. The molecule has 0 aliphatic carbocycles. The number of piperidine rings is 1. The number of nitrogens with one attached hydrogen (secondary N) is 1. The first-order chi connectivity index (χ1) is 12.6. The molecule has 0 radical (unpaired) electrons. The van der Waals surface area contributed by atoms with Crippen LogP contribution in [0.3, 0.4) is 0 Å². The van der Waals surface area contributed by atoms with Crippen molar-refractivity contribution in [3.63, 3.8) is 0 Å². The Morgan fingerprint density at radius 2 is 2.35 bits per heavy atom. The van der Waals surface area contributed by atoms with Crippen molar-refractivity contribution < 1.29 is 14.6 Å². The largest absolute Gasteiger partial charge is 0.504 e. The molecule has 3 rings (SSSR count). The Balaban J connectivity index is 1.56. The number of carbonyl (C=O) groups excluding carboxylic acids is 1. The lowest BCUT2D eigenvalue weighted by Crippen LogP contribution is -2.40. The second-order valence-corrected chi connectivity index (χ2v) is 7.90. The van der Waals surface area contributed by atoms with Gasteiger partial charge >= 0.3 is 0 Å². The molecule has 140 valence electrons. The van der Waals surface area contributed by atoms with E-state index in [1.165, 1.54) is 24.5 Å². The zero-order valence-electron chi connectivity index (χ0n) is 14.7. The van der Waals surface area contributed by atoms with Crippen molar-refractivity contribution in [3.8, 4) is 11.5 Å². The summed E-state index contributed by atoms with van der Waals surface area (Å²) in [6.45, 7) is 3.28. The number of nitrogens with zero attached hydrogens (tertiary/aromatic N) is 1. The van der Waals surface area contributed by atoms with Gasteiger partial charge in [0.1, 0.15) is 0 Å². The molecule has 0 saturated carbocycles. The van der Waals surface area contributed by atoms with Crippen molar-refractivity contribution >= 4 is 28.8 Å². The first-order valence-electron chi connectivity index (χ1n) is 8.66. The van der Waals surface area contributed by atoms with Crippen LogP contribution in [0.25, 0.3) is 0 Å². The van der Waals surface area contributed by atoms with Crippen LogP contribution in [0, 0.1) is 5.92 Å². The fourth-order valence-electron chi connectivity index (χ4n) is 3.30. The molecule has 0 unspecified atom stereocenters. The van der Waals surface area contributed by atoms with E-state index in [0.29, 0.717) is 29.8 Å². The van der Waals surface area contributed by atoms with Crippen LogP contribution in [0.15, 0.2) is 29.6 Å². The maximum atomic E-state index is 12.1. The molecule has 1 aliphatic heterocycles. The monoisotopic (exact) mass is 394 g/mol. The van der Waals surface area contributed by atoms with E-state index in [2.05, 4.69) is 10.2 Å². The molecule has 0 bridgehead atoms. The topological polar surface area (TPSA) is 61.8 Å². The van der Waals surface area contributed by atoms with E-state index in [0.717, 1.165) is 36.4 Å². The average Bonchev–Trinajstić information content (AvgIpc) is 3.17. The number of phenolic OH excluding ortho intramolecular Hbond substituents is 1. The maximum Gasteiger partial charge on any atom is 0.261 e. The molecule has 7 heteroatoms. The molecule has 5 nitrogen and oxygen atoms in total. The van der Waals surface area contributed by atoms with Crippen molar-refractivity contribution in [2.45, 2.75) is 19.4 Å². The van der Waals surface area contributed by atoms with Gasteiger partial charge in [0.05, 0.1) is 12.0 Å². The number of hydrogen-bond donors (Lipinski definition) is 2. The van der Waals surface area contributed by atoms with Gasteiger partial charge in [0.15, 0.2) is 11.5 Å². The second kappa shape index (κ2) is 8.75. The van der Waals surface area contributed by atoms with Gasteiger partial charge in [-0.15, -0.1) is 11.3 Å². The first kappa shape index (κ1) is 19.0. The van der Waals surface area contributed by atoms with Crippen LogP contribution in [-0.4, -0.2) is 42.7 Å². The molecule has 1 aromatic heterocycles. The summed E-state index contributed by atoms with van der Waals surface area (Å²) in [6, 6.07) is 7.04. The Labute approximate surface area is 162 Å². The van der Waals surface area contributed by atoms with E-state index in [-0.39, 0.29) is 11.7 Å². The molecule has 26 heavy (non-hydrogen) atoms. The van der Waals surface area contributed by atoms with Crippen LogP contribution in [0.2, 0.25) is 5.02 Å². The van der Waals surface area contributed by atoms with Crippen LogP contribution in [0.4, 0.5) is 0 Å². The van der Waals surface area contributed by atoms with Crippen molar-refractivity contribution in [2.24, 2.45) is 5.92 Å². The van der Waals surface area contributed by atoms with Crippen molar-refractivity contribution in [3.05, 3.63) is 45.1 Å². The molecule has 1 aliphatic rings. The van der Waals surface area contributed by atoms with Crippen LogP contribution in [0.1, 0.15) is 28.1 Å².